The second kappa shape index (κ2) is 4.60. The van der Waals surface area contributed by atoms with Crippen LogP contribution in [0, 0.1) is 0 Å². The predicted molar refractivity (Wildman–Crippen MR) is 51.0 cm³/mol. The summed E-state index contributed by atoms with van der Waals surface area (Å²) in [4.78, 5) is 11.0. The van der Waals surface area contributed by atoms with E-state index in [4.69, 9.17) is 11.6 Å². The van der Waals surface area contributed by atoms with Crippen LogP contribution in [-0.4, -0.2) is 17.9 Å². The Morgan fingerprint density at radius 2 is 1.53 bits per heavy atom. The smallest absolute Gasteiger partial charge is 0.290 e. The first-order valence-electron chi connectivity index (χ1n) is 4.36. The zero-order valence-electron chi connectivity index (χ0n) is 8.14. The van der Waals surface area contributed by atoms with Crippen LogP contribution in [0.15, 0.2) is 30.3 Å². The Kier molecular flexibility index (Phi) is 3.76. The van der Waals surface area contributed by atoms with Crippen molar-refractivity contribution in [2.45, 2.75) is 17.5 Å². The van der Waals surface area contributed by atoms with Crippen LogP contribution in [0.1, 0.15) is 10.9 Å². The number of rotatable bonds is 3. The topological polar surface area (TPSA) is 17.1 Å². The van der Waals surface area contributed by atoms with Crippen molar-refractivity contribution >= 4 is 17.4 Å². The first kappa shape index (κ1) is 13.9. The molecular weight excluding hydrogens is 267 g/mol. The molecule has 1 nitrogen and oxygen atoms in total. The van der Waals surface area contributed by atoms with Gasteiger partial charge in [0, 0.05) is 0 Å². The van der Waals surface area contributed by atoms with Gasteiger partial charge in [0.15, 0.2) is 0 Å². The van der Waals surface area contributed by atoms with Crippen molar-refractivity contribution in [3.05, 3.63) is 35.9 Å². The second-order valence-electron chi connectivity index (χ2n) is 3.21. The lowest BCUT2D eigenvalue weighted by Gasteiger charge is -2.20. The number of hydrogen-bond donors (Lipinski definition) is 0. The van der Waals surface area contributed by atoms with Crippen LogP contribution in [0.3, 0.4) is 0 Å². The molecule has 1 aromatic carbocycles. The lowest BCUT2D eigenvalue weighted by atomic mass is 10.0. The number of halogens is 6. The molecule has 0 aliphatic rings. The van der Waals surface area contributed by atoms with E-state index in [2.05, 4.69) is 0 Å². The number of carbonyl (C=O) groups is 1. The van der Waals surface area contributed by atoms with E-state index in [-0.39, 0.29) is 5.56 Å². The van der Waals surface area contributed by atoms with Crippen molar-refractivity contribution < 1.29 is 26.7 Å². The molecule has 0 bridgehead atoms. The molecule has 1 atom stereocenters. The van der Waals surface area contributed by atoms with Crippen LogP contribution in [0.25, 0.3) is 0 Å². The predicted octanol–water partition coefficient (Wildman–Crippen LogP) is 3.73. The van der Waals surface area contributed by atoms with Crippen LogP contribution in [0.2, 0.25) is 0 Å². The molecule has 94 valence electrons. The Hall–Kier alpha value is -1.17. The summed E-state index contributed by atoms with van der Waals surface area (Å²) >= 11 is 5.32. The molecule has 7 heteroatoms. The second-order valence-corrected chi connectivity index (χ2v) is 3.65. The summed E-state index contributed by atoms with van der Waals surface area (Å²) in [5.41, 5.74) is -0.108. The lowest BCUT2D eigenvalue weighted by molar-refractivity contribution is -0.268. The Bertz CT molecular complexity index is 401. The minimum atomic E-state index is -5.94. The molecule has 0 aliphatic carbocycles. The third-order valence-corrected chi connectivity index (χ3v) is 2.44. The van der Waals surface area contributed by atoms with E-state index in [1.807, 2.05) is 0 Å². The Morgan fingerprint density at radius 3 is 1.94 bits per heavy atom. The molecule has 17 heavy (non-hydrogen) atoms. The molecule has 1 unspecified atom stereocenters. The van der Waals surface area contributed by atoms with E-state index in [1.165, 1.54) is 30.3 Å². The van der Waals surface area contributed by atoms with Gasteiger partial charge in [0.2, 0.25) is 5.78 Å². The standard InChI is InChI=1S/C10H6ClF5O/c11-7(6-4-2-1-3-5-6)8(17)9(12,13)10(14,15)16/h1-5,7H. The van der Waals surface area contributed by atoms with Gasteiger partial charge in [-0.25, -0.2) is 0 Å². The zero-order valence-corrected chi connectivity index (χ0v) is 8.90. The van der Waals surface area contributed by atoms with Gasteiger partial charge in [-0.1, -0.05) is 30.3 Å². The third-order valence-electron chi connectivity index (χ3n) is 1.99. The van der Waals surface area contributed by atoms with Gasteiger partial charge >= 0.3 is 12.1 Å². The minimum Gasteiger partial charge on any atom is -0.290 e. The van der Waals surface area contributed by atoms with E-state index < -0.39 is 23.3 Å². The number of Topliss-reactive ketones (excluding diaryl/α,β-unsaturated/α-hetero) is 1. The van der Waals surface area contributed by atoms with E-state index >= 15 is 0 Å². The van der Waals surface area contributed by atoms with Gasteiger partial charge in [0.05, 0.1) is 0 Å². The molecule has 0 aromatic heterocycles. The molecule has 0 amide bonds. The maximum atomic E-state index is 12.7. The summed E-state index contributed by atoms with van der Waals surface area (Å²) < 4.78 is 61.2. The number of benzene rings is 1. The van der Waals surface area contributed by atoms with Crippen LogP contribution in [-0.2, 0) is 4.79 Å². The van der Waals surface area contributed by atoms with Crippen molar-refractivity contribution in [2.75, 3.05) is 0 Å². The fourth-order valence-corrected chi connectivity index (χ4v) is 1.35. The highest BCUT2D eigenvalue weighted by Crippen LogP contribution is 2.40. The van der Waals surface area contributed by atoms with E-state index in [1.54, 1.807) is 0 Å². The van der Waals surface area contributed by atoms with Crippen molar-refractivity contribution in [2.24, 2.45) is 0 Å². The molecule has 1 aromatic rings. The zero-order chi connectivity index (χ0) is 13.3. The Morgan fingerprint density at radius 1 is 1.06 bits per heavy atom. The molecule has 0 saturated carbocycles. The molecule has 0 heterocycles. The van der Waals surface area contributed by atoms with Gasteiger partial charge in [-0.3, -0.25) is 4.79 Å². The number of hydrogen-bond acceptors (Lipinski definition) is 1. The van der Waals surface area contributed by atoms with E-state index in [0.29, 0.717) is 0 Å². The molecule has 0 spiro atoms. The van der Waals surface area contributed by atoms with Crippen molar-refractivity contribution in [3.8, 4) is 0 Å². The number of carbonyl (C=O) groups excluding carboxylic acids is 1. The highest BCUT2D eigenvalue weighted by Gasteiger charge is 2.64. The summed E-state index contributed by atoms with van der Waals surface area (Å²) in [6.45, 7) is 0. The number of alkyl halides is 6. The van der Waals surface area contributed by atoms with Gasteiger partial charge in [-0.2, -0.15) is 22.0 Å². The fourth-order valence-electron chi connectivity index (χ4n) is 1.07. The van der Waals surface area contributed by atoms with Crippen LogP contribution >= 0.6 is 11.6 Å². The molecular formula is C10H6ClF5O. The largest absolute Gasteiger partial charge is 0.461 e. The normalized spacial score (nSPS) is 14.5. The van der Waals surface area contributed by atoms with Gasteiger partial charge in [-0.15, -0.1) is 11.6 Å². The van der Waals surface area contributed by atoms with Crippen molar-refractivity contribution in [3.63, 3.8) is 0 Å². The first-order chi connectivity index (χ1) is 7.68. The number of ketones is 1. The van der Waals surface area contributed by atoms with Gasteiger partial charge < -0.3 is 0 Å². The highest BCUT2D eigenvalue weighted by atomic mass is 35.5. The third kappa shape index (κ3) is 2.74. The summed E-state index contributed by atoms with van der Waals surface area (Å²) in [5, 5.41) is -2.03. The fraction of sp³-hybridized carbons (Fsp3) is 0.300. The maximum absolute atomic E-state index is 12.7. The average Bonchev–Trinajstić information content (AvgIpc) is 2.26. The summed E-state index contributed by atoms with van der Waals surface area (Å²) in [5.74, 6) is -7.83. The summed E-state index contributed by atoms with van der Waals surface area (Å²) in [6, 6.07) is 6.66. The van der Waals surface area contributed by atoms with Crippen LogP contribution in [0.4, 0.5) is 22.0 Å². The SMILES string of the molecule is O=C(C(Cl)c1ccccc1)C(F)(F)C(F)(F)F. The van der Waals surface area contributed by atoms with Gasteiger partial charge in [0.1, 0.15) is 5.38 Å². The molecule has 0 aliphatic heterocycles. The lowest BCUT2D eigenvalue weighted by Crippen LogP contribution is -2.45. The maximum Gasteiger partial charge on any atom is 0.461 e. The quantitative estimate of drug-likeness (QED) is 0.605. The molecule has 0 fully saturated rings. The Balaban J connectivity index is 2.99. The molecule has 0 N–H and O–H groups in total. The van der Waals surface area contributed by atoms with Crippen LogP contribution < -0.4 is 0 Å². The minimum absolute atomic E-state index is 0.108. The first-order valence-corrected chi connectivity index (χ1v) is 4.79. The monoisotopic (exact) mass is 272 g/mol. The molecule has 0 saturated heterocycles. The van der Waals surface area contributed by atoms with Gasteiger partial charge in [-0.05, 0) is 5.56 Å². The molecule has 0 radical (unpaired) electrons. The summed E-state index contributed by atoms with van der Waals surface area (Å²) in [7, 11) is 0. The summed E-state index contributed by atoms with van der Waals surface area (Å²) in [6.07, 6.45) is -5.94. The van der Waals surface area contributed by atoms with Crippen LogP contribution in [0.5, 0.6) is 0 Å². The average molecular weight is 273 g/mol. The van der Waals surface area contributed by atoms with E-state index in [0.717, 1.165) is 0 Å². The highest BCUT2D eigenvalue weighted by molar-refractivity contribution is 6.32. The van der Waals surface area contributed by atoms with Crippen molar-refractivity contribution in [1.29, 1.82) is 0 Å². The molecule has 1 rings (SSSR count). The van der Waals surface area contributed by atoms with E-state index in [9.17, 15) is 26.7 Å². The van der Waals surface area contributed by atoms with Crippen molar-refractivity contribution in [1.82, 2.24) is 0 Å². The Labute approximate surface area is 98.2 Å². The van der Waals surface area contributed by atoms with Gasteiger partial charge in [0.25, 0.3) is 0 Å².